The summed E-state index contributed by atoms with van der Waals surface area (Å²) in [6, 6.07) is 10.5. The lowest BCUT2D eigenvalue weighted by Gasteiger charge is -2.26. The molecule has 0 unspecified atom stereocenters. The van der Waals surface area contributed by atoms with Crippen LogP contribution in [0.1, 0.15) is 36.5 Å². The van der Waals surface area contributed by atoms with Gasteiger partial charge >= 0.3 is 0 Å². The molecule has 2 aromatic carbocycles. The van der Waals surface area contributed by atoms with E-state index in [0.717, 1.165) is 37.7 Å². The summed E-state index contributed by atoms with van der Waals surface area (Å²) in [4.78, 5) is 16.8. The Morgan fingerprint density at radius 2 is 1.78 bits per heavy atom. The van der Waals surface area contributed by atoms with Crippen molar-refractivity contribution in [1.82, 2.24) is 9.80 Å². The summed E-state index contributed by atoms with van der Waals surface area (Å²) in [6.45, 7) is 5.20. The first-order valence-corrected chi connectivity index (χ1v) is 9.50. The minimum absolute atomic E-state index is 0.0603. The van der Waals surface area contributed by atoms with Gasteiger partial charge in [-0.2, -0.15) is 0 Å². The van der Waals surface area contributed by atoms with Crippen LogP contribution in [-0.4, -0.2) is 48.4 Å². The fraction of sp³-hybridized carbons (Fsp3) is 0.409. The minimum Gasteiger partial charge on any atom is -0.342 e. The molecule has 1 aliphatic heterocycles. The van der Waals surface area contributed by atoms with Crippen molar-refractivity contribution in [2.24, 2.45) is 0 Å². The van der Waals surface area contributed by atoms with E-state index >= 15 is 0 Å². The highest BCUT2D eigenvalue weighted by molar-refractivity contribution is 5.94. The maximum absolute atomic E-state index is 13.9. The Morgan fingerprint density at radius 3 is 2.44 bits per heavy atom. The van der Waals surface area contributed by atoms with Crippen molar-refractivity contribution in [2.75, 3.05) is 26.7 Å². The molecule has 3 nitrogen and oxygen atoms in total. The third-order valence-electron chi connectivity index (χ3n) is 5.36. The van der Waals surface area contributed by atoms with E-state index in [1.54, 1.807) is 36.2 Å². The molecule has 1 fully saturated rings. The molecule has 1 saturated heterocycles. The summed E-state index contributed by atoms with van der Waals surface area (Å²) in [5.74, 6) is -1.03. The van der Waals surface area contributed by atoms with Crippen LogP contribution in [0.15, 0.2) is 42.5 Å². The second-order valence-corrected chi connectivity index (χ2v) is 7.31. The molecule has 0 aliphatic carbocycles. The lowest BCUT2D eigenvalue weighted by atomic mass is 10.0. The lowest BCUT2D eigenvalue weighted by Crippen LogP contribution is -2.35. The van der Waals surface area contributed by atoms with Crippen LogP contribution in [0.3, 0.4) is 0 Å². The summed E-state index contributed by atoms with van der Waals surface area (Å²) in [5.41, 5.74) is 1.29. The van der Waals surface area contributed by atoms with Crippen molar-refractivity contribution >= 4 is 5.91 Å². The molecule has 1 atom stereocenters. The van der Waals surface area contributed by atoms with Gasteiger partial charge in [-0.3, -0.25) is 4.79 Å². The van der Waals surface area contributed by atoms with E-state index in [-0.39, 0.29) is 11.5 Å². The minimum atomic E-state index is -0.488. The SMILES string of the molecule is C[C@H](CCN(C)C(=O)c1ccc(-c2cc(F)ccc2F)cc1)N1CCCC1. The fourth-order valence-electron chi connectivity index (χ4n) is 3.58. The van der Waals surface area contributed by atoms with Crippen molar-refractivity contribution < 1.29 is 13.6 Å². The van der Waals surface area contributed by atoms with Crippen LogP contribution in [0.5, 0.6) is 0 Å². The Morgan fingerprint density at radius 1 is 1.11 bits per heavy atom. The summed E-state index contributed by atoms with van der Waals surface area (Å²) >= 11 is 0. The van der Waals surface area contributed by atoms with Gasteiger partial charge in [-0.1, -0.05) is 12.1 Å². The van der Waals surface area contributed by atoms with Crippen LogP contribution < -0.4 is 0 Å². The van der Waals surface area contributed by atoms with E-state index in [0.29, 0.717) is 23.7 Å². The number of carbonyl (C=O) groups is 1. The van der Waals surface area contributed by atoms with Crippen molar-refractivity contribution in [3.63, 3.8) is 0 Å². The van der Waals surface area contributed by atoms with E-state index in [1.165, 1.54) is 12.8 Å². The summed E-state index contributed by atoms with van der Waals surface area (Å²) in [7, 11) is 1.80. The zero-order chi connectivity index (χ0) is 19.4. The number of rotatable bonds is 6. The Kier molecular flexibility index (Phi) is 6.22. The molecule has 0 bridgehead atoms. The molecule has 1 heterocycles. The molecule has 27 heavy (non-hydrogen) atoms. The predicted molar refractivity (Wildman–Crippen MR) is 104 cm³/mol. The van der Waals surface area contributed by atoms with Gasteiger partial charge in [-0.15, -0.1) is 0 Å². The average molecular weight is 372 g/mol. The summed E-state index contributed by atoms with van der Waals surface area (Å²) in [5, 5.41) is 0. The number of likely N-dealkylation sites (tertiary alicyclic amines) is 1. The highest BCUT2D eigenvalue weighted by Crippen LogP contribution is 2.24. The fourth-order valence-corrected chi connectivity index (χ4v) is 3.58. The maximum Gasteiger partial charge on any atom is 0.253 e. The number of carbonyl (C=O) groups excluding carboxylic acids is 1. The molecule has 3 rings (SSSR count). The molecular formula is C22H26F2N2O. The zero-order valence-electron chi connectivity index (χ0n) is 15.9. The number of hydrogen-bond acceptors (Lipinski definition) is 2. The van der Waals surface area contributed by atoms with E-state index in [9.17, 15) is 13.6 Å². The topological polar surface area (TPSA) is 23.6 Å². The van der Waals surface area contributed by atoms with Crippen LogP contribution in [-0.2, 0) is 0 Å². The van der Waals surface area contributed by atoms with E-state index in [2.05, 4.69) is 11.8 Å². The normalized spacial score (nSPS) is 15.7. The third kappa shape index (κ3) is 4.72. The van der Waals surface area contributed by atoms with Crippen LogP contribution in [0.25, 0.3) is 11.1 Å². The molecule has 2 aromatic rings. The van der Waals surface area contributed by atoms with Gasteiger partial charge < -0.3 is 9.80 Å². The molecule has 0 N–H and O–H groups in total. The zero-order valence-corrected chi connectivity index (χ0v) is 15.9. The van der Waals surface area contributed by atoms with Gasteiger partial charge in [0.1, 0.15) is 11.6 Å². The standard InChI is InChI=1S/C22H26F2N2O/c1-16(26-12-3-4-13-26)11-14-25(2)22(27)18-7-5-17(6-8-18)20-15-19(23)9-10-21(20)24/h5-10,15-16H,3-4,11-14H2,1-2H3/t16-/m1/s1. The quantitative estimate of drug-likeness (QED) is 0.741. The second kappa shape index (κ2) is 8.61. The number of amides is 1. The van der Waals surface area contributed by atoms with Crippen LogP contribution in [0.4, 0.5) is 8.78 Å². The van der Waals surface area contributed by atoms with Crippen molar-refractivity contribution in [3.05, 3.63) is 59.7 Å². The van der Waals surface area contributed by atoms with E-state index < -0.39 is 11.6 Å². The van der Waals surface area contributed by atoms with Gasteiger partial charge in [0.05, 0.1) is 0 Å². The van der Waals surface area contributed by atoms with Gasteiger partial charge in [0.2, 0.25) is 0 Å². The average Bonchev–Trinajstić information content (AvgIpc) is 3.22. The monoisotopic (exact) mass is 372 g/mol. The Bertz CT molecular complexity index is 785. The molecule has 0 spiro atoms. The largest absolute Gasteiger partial charge is 0.342 e. The highest BCUT2D eigenvalue weighted by Gasteiger charge is 2.19. The predicted octanol–water partition coefficient (Wildman–Crippen LogP) is 4.58. The highest BCUT2D eigenvalue weighted by atomic mass is 19.1. The molecule has 1 amide bonds. The second-order valence-electron chi connectivity index (χ2n) is 7.31. The number of hydrogen-bond donors (Lipinski definition) is 0. The van der Waals surface area contributed by atoms with Crippen molar-refractivity contribution in [3.8, 4) is 11.1 Å². The van der Waals surface area contributed by atoms with Crippen LogP contribution in [0.2, 0.25) is 0 Å². The molecule has 0 saturated carbocycles. The van der Waals surface area contributed by atoms with Gasteiger partial charge in [0.15, 0.2) is 0 Å². The molecule has 5 heteroatoms. The first kappa shape index (κ1) is 19.5. The number of nitrogens with zero attached hydrogens (tertiary/aromatic N) is 2. The van der Waals surface area contributed by atoms with Crippen LogP contribution >= 0.6 is 0 Å². The number of benzene rings is 2. The van der Waals surface area contributed by atoms with Gasteiger partial charge in [0.25, 0.3) is 5.91 Å². The molecule has 0 radical (unpaired) electrons. The Hall–Kier alpha value is -2.27. The van der Waals surface area contributed by atoms with Crippen LogP contribution in [0, 0.1) is 11.6 Å². The molecule has 144 valence electrons. The maximum atomic E-state index is 13.9. The molecule has 1 aliphatic rings. The van der Waals surface area contributed by atoms with Gasteiger partial charge in [0, 0.05) is 30.8 Å². The molecule has 0 aromatic heterocycles. The first-order chi connectivity index (χ1) is 13.0. The Labute approximate surface area is 159 Å². The Balaban J connectivity index is 1.62. The summed E-state index contributed by atoms with van der Waals surface area (Å²) in [6.07, 6.45) is 3.46. The summed E-state index contributed by atoms with van der Waals surface area (Å²) < 4.78 is 27.3. The number of halogens is 2. The third-order valence-corrected chi connectivity index (χ3v) is 5.36. The first-order valence-electron chi connectivity index (χ1n) is 9.50. The lowest BCUT2D eigenvalue weighted by molar-refractivity contribution is 0.0781. The molecular weight excluding hydrogens is 346 g/mol. The van der Waals surface area contributed by atoms with E-state index in [1.807, 2.05) is 0 Å². The van der Waals surface area contributed by atoms with Gasteiger partial charge in [-0.25, -0.2) is 8.78 Å². The van der Waals surface area contributed by atoms with E-state index in [4.69, 9.17) is 0 Å². The van der Waals surface area contributed by atoms with Gasteiger partial charge in [-0.05, 0) is 75.2 Å². The smallest absolute Gasteiger partial charge is 0.253 e. The van der Waals surface area contributed by atoms with Crippen molar-refractivity contribution in [2.45, 2.75) is 32.2 Å². The van der Waals surface area contributed by atoms with Crippen molar-refractivity contribution in [1.29, 1.82) is 0 Å².